The maximum atomic E-state index is 5.96. The number of benzene rings is 1. The average Bonchev–Trinajstić information content (AvgIpc) is 2.62. The zero-order chi connectivity index (χ0) is 19.3. The molecule has 2 N–H and O–H groups in total. The van der Waals surface area contributed by atoms with Gasteiger partial charge in [-0.3, -0.25) is 4.99 Å². The van der Waals surface area contributed by atoms with Crippen molar-refractivity contribution in [3.8, 4) is 5.75 Å². The molecule has 0 heterocycles. The van der Waals surface area contributed by atoms with Crippen molar-refractivity contribution in [2.24, 2.45) is 4.99 Å². The van der Waals surface area contributed by atoms with Gasteiger partial charge in [-0.25, -0.2) is 0 Å². The quantitative estimate of drug-likeness (QED) is 0.358. The summed E-state index contributed by atoms with van der Waals surface area (Å²) >= 11 is 0. The first-order valence-corrected chi connectivity index (χ1v) is 9.22. The molecule has 0 radical (unpaired) electrons. The zero-order valence-electron chi connectivity index (χ0n) is 16.9. The Kier molecular flexibility index (Phi) is 10.7. The van der Waals surface area contributed by atoms with E-state index in [9.17, 15) is 0 Å². The zero-order valence-corrected chi connectivity index (χ0v) is 16.9. The Morgan fingerprint density at radius 1 is 1.00 bits per heavy atom. The molecule has 0 saturated carbocycles. The van der Waals surface area contributed by atoms with E-state index in [1.54, 1.807) is 14.2 Å². The van der Waals surface area contributed by atoms with Gasteiger partial charge in [-0.2, -0.15) is 0 Å². The number of ether oxygens (including phenoxy) is 3. The SMILES string of the molecule is CN=C(NCCCOCCOC)NCCOc1ccccc1C(C)(C)C. The normalized spacial score (nSPS) is 12.1. The summed E-state index contributed by atoms with van der Waals surface area (Å²) in [6, 6.07) is 8.21. The van der Waals surface area contributed by atoms with Gasteiger partial charge in [-0.1, -0.05) is 39.0 Å². The third kappa shape index (κ3) is 9.06. The van der Waals surface area contributed by atoms with Crippen LogP contribution in [-0.2, 0) is 14.9 Å². The van der Waals surface area contributed by atoms with Crippen LogP contribution in [0.15, 0.2) is 29.3 Å². The van der Waals surface area contributed by atoms with E-state index < -0.39 is 0 Å². The molecule has 1 aromatic carbocycles. The lowest BCUT2D eigenvalue weighted by molar-refractivity contribution is 0.0698. The minimum Gasteiger partial charge on any atom is -0.491 e. The van der Waals surface area contributed by atoms with Crippen molar-refractivity contribution >= 4 is 5.96 Å². The highest BCUT2D eigenvalue weighted by Crippen LogP contribution is 2.30. The summed E-state index contributed by atoms with van der Waals surface area (Å²) in [4.78, 5) is 4.21. The maximum absolute atomic E-state index is 5.96. The molecule has 1 rings (SSSR count). The summed E-state index contributed by atoms with van der Waals surface area (Å²) < 4.78 is 16.3. The van der Waals surface area contributed by atoms with Gasteiger partial charge >= 0.3 is 0 Å². The average molecular weight is 366 g/mol. The van der Waals surface area contributed by atoms with Crippen LogP contribution >= 0.6 is 0 Å². The fourth-order valence-corrected chi connectivity index (χ4v) is 2.39. The Bertz CT molecular complexity index is 527. The fourth-order valence-electron chi connectivity index (χ4n) is 2.39. The number of hydrogen-bond donors (Lipinski definition) is 2. The minimum absolute atomic E-state index is 0.0624. The lowest BCUT2D eigenvalue weighted by atomic mass is 9.86. The topological polar surface area (TPSA) is 64.1 Å². The molecule has 0 aliphatic rings. The van der Waals surface area contributed by atoms with Gasteiger partial charge in [0.2, 0.25) is 0 Å². The van der Waals surface area contributed by atoms with Crippen LogP contribution in [0.2, 0.25) is 0 Å². The highest BCUT2D eigenvalue weighted by Gasteiger charge is 2.18. The van der Waals surface area contributed by atoms with Crippen LogP contribution in [0.3, 0.4) is 0 Å². The van der Waals surface area contributed by atoms with E-state index in [1.165, 1.54) is 5.56 Å². The van der Waals surface area contributed by atoms with Gasteiger partial charge in [0.1, 0.15) is 12.4 Å². The van der Waals surface area contributed by atoms with Crippen LogP contribution in [-0.4, -0.2) is 59.6 Å². The summed E-state index contributed by atoms with van der Waals surface area (Å²) in [6.07, 6.45) is 0.917. The van der Waals surface area contributed by atoms with E-state index >= 15 is 0 Å². The summed E-state index contributed by atoms with van der Waals surface area (Å²) in [5, 5.41) is 6.53. The van der Waals surface area contributed by atoms with Crippen molar-refractivity contribution < 1.29 is 14.2 Å². The van der Waals surface area contributed by atoms with Crippen molar-refractivity contribution in [1.82, 2.24) is 10.6 Å². The molecule has 0 saturated heterocycles. The third-order valence-corrected chi connectivity index (χ3v) is 3.76. The molecule has 0 bridgehead atoms. The van der Waals surface area contributed by atoms with Gasteiger partial charge < -0.3 is 24.8 Å². The number of hydrogen-bond acceptors (Lipinski definition) is 4. The monoisotopic (exact) mass is 365 g/mol. The van der Waals surface area contributed by atoms with Crippen LogP contribution < -0.4 is 15.4 Å². The number of nitrogens with one attached hydrogen (secondary N) is 2. The molecule has 0 unspecified atom stereocenters. The minimum atomic E-state index is 0.0624. The molecule has 6 heteroatoms. The van der Waals surface area contributed by atoms with Gasteiger partial charge in [-0.15, -0.1) is 0 Å². The largest absolute Gasteiger partial charge is 0.491 e. The first-order valence-electron chi connectivity index (χ1n) is 9.22. The molecule has 1 aromatic rings. The molecule has 0 aromatic heterocycles. The maximum Gasteiger partial charge on any atom is 0.191 e. The van der Waals surface area contributed by atoms with E-state index in [2.05, 4.69) is 48.5 Å². The molecule has 0 amide bonds. The summed E-state index contributed by atoms with van der Waals surface area (Å²) in [6.45, 7) is 10.6. The Balaban J connectivity index is 2.24. The van der Waals surface area contributed by atoms with Crippen molar-refractivity contribution in [3.05, 3.63) is 29.8 Å². The van der Waals surface area contributed by atoms with E-state index in [0.717, 1.165) is 24.7 Å². The van der Waals surface area contributed by atoms with Gasteiger partial charge in [0, 0.05) is 27.3 Å². The van der Waals surface area contributed by atoms with Crippen molar-refractivity contribution in [2.75, 3.05) is 53.7 Å². The van der Waals surface area contributed by atoms with Crippen LogP contribution in [0.1, 0.15) is 32.8 Å². The second-order valence-corrected chi connectivity index (χ2v) is 6.98. The van der Waals surface area contributed by atoms with Crippen molar-refractivity contribution in [3.63, 3.8) is 0 Å². The van der Waals surface area contributed by atoms with Crippen LogP contribution in [0.4, 0.5) is 0 Å². The second-order valence-electron chi connectivity index (χ2n) is 6.98. The number of nitrogens with zero attached hydrogens (tertiary/aromatic N) is 1. The lowest BCUT2D eigenvalue weighted by Gasteiger charge is -2.22. The molecule has 0 atom stereocenters. The van der Waals surface area contributed by atoms with Gasteiger partial charge in [0.15, 0.2) is 5.96 Å². The number of guanidine groups is 1. The molecule has 148 valence electrons. The van der Waals surface area contributed by atoms with Gasteiger partial charge in [0.25, 0.3) is 0 Å². The highest BCUT2D eigenvalue weighted by atomic mass is 16.5. The summed E-state index contributed by atoms with van der Waals surface area (Å²) in [5.41, 5.74) is 1.28. The molecule has 0 aliphatic carbocycles. The third-order valence-electron chi connectivity index (χ3n) is 3.76. The Hall–Kier alpha value is -1.79. The smallest absolute Gasteiger partial charge is 0.191 e. The standard InChI is InChI=1S/C20H35N3O3/c1-20(2,3)17-9-6-7-10-18(17)26-14-12-23-19(21-4)22-11-8-13-25-16-15-24-5/h6-7,9-10H,8,11-16H2,1-5H3,(H2,21,22,23). The molecule has 26 heavy (non-hydrogen) atoms. The number of rotatable bonds is 11. The van der Waals surface area contributed by atoms with Gasteiger partial charge in [0.05, 0.1) is 19.8 Å². The Morgan fingerprint density at radius 2 is 1.73 bits per heavy atom. The molecule has 0 spiro atoms. The Labute approximate surface area is 158 Å². The Morgan fingerprint density at radius 3 is 2.42 bits per heavy atom. The van der Waals surface area contributed by atoms with E-state index in [4.69, 9.17) is 14.2 Å². The molecular weight excluding hydrogens is 330 g/mol. The van der Waals surface area contributed by atoms with Gasteiger partial charge in [-0.05, 0) is 23.5 Å². The van der Waals surface area contributed by atoms with Crippen LogP contribution in [0.5, 0.6) is 5.75 Å². The molecule has 0 fully saturated rings. The number of aliphatic imine (C=N–C) groups is 1. The predicted molar refractivity (Wildman–Crippen MR) is 107 cm³/mol. The molecule has 6 nitrogen and oxygen atoms in total. The predicted octanol–water partition coefficient (Wildman–Crippen LogP) is 2.58. The van der Waals surface area contributed by atoms with E-state index in [-0.39, 0.29) is 5.41 Å². The van der Waals surface area contributed by atoms with Crippen LogP contribution in [0.25, 0.3) is 0 Å². The fraction of sp³-hybridized carbons (Fsp3) is 0.650. The highest BCUT2D eigenvalue weighted by molar-refractivity contribution is 5.79. The van der Waals surface area contributed by atoms with E-state index in [1.807, 2.05) is 12.1 Å². The second kappa shape index (κ2) is 12.5. The van der Waals surface area contributed by atoms with Crippen molar-refractivity contribution in [2.45, 2.75) is 32.6 Å². The van der Waals surface area contributed by atoms with Crippen LogP contribution in [0, 0.1) is 0 Å². The van der Waals surface area contributed by atoms with Crippen molar-refractivity contribution in [1.29, 1.82) is 0 Å². The molecule has 0 aliphatic heterocycles. The summed E-state index contributed by atoms with van der Waals surface area (Å²) in [5.74, 6) is 1.72. The summed E-state index contributed by atoms with van der Waals surface area (Å²) in [7, 11) is 3.44. The first kappa shape index (κ1) is 22.3. The first-order chi connectivity index (χ1) is 12.5. The lowest BCUT2D eigenvalue weighted by Crippen LogP contribution is -2.40. The number of methoxy groups -OCH3 is 1. The van der Waals surface area contributed by atoms with E-state index in [0.29, 0.717) is 33.0 Å². The number of para-hydroxylation sites is 1. The molecular formula is C20H35N3O3.